The maximum atomic E-state index is 10.3. The van der Waals surface area contributed by atoms with Gasteiger partial charge in [-0.2, -0.15) is 0 Å². The quantitative estimate of drug-likeness (QED) is 0.292. The Morgan fingerprint density at radius 3 is 2.34 bits per heavy atom. The van der Waals surface area contributed by atoms with Crippen LogP contribution in [-0.2, 0) is 4.43 Å². The van der Waals surface area contributed by atoms with Gasteiger partial charge in [0.05, 0.1) is 0 Å². The average molecular weight is 500 g/mol. The predicted molar refractivity (Wildman–Crippen MR) is 150 cm³/mol. The molecular weight excluding hydrogens is 444 g/mol. The van der Waals surface area contributed by atoms with Crippen molar-refractivity contribution in [3.8, 4) is 0 Å². The summed E-state index contributed by atoms with van der Waals surface area (Å²) in [7, 11) is -0.845. The van der Waals surface area contributed by atoms with Gasteiger partial charge in [-0.25, -0.2) is 0 Å². The molecule has 2 nitrogen and oxygen atoms in total. The molecule has 0 aromatic heterocycles. The molecule has 0 bridgehead atoms. The molecule has 0 saturated heterocycles. The van der Waals surface area contributed by atoms with Gasteiger partial charge in [-0.15, -0.1) is 0 Å². The van der Waals surface area contributed by atoms with Crippen LogP contribution in [0.1, 0.15) is 113 Å². The Labute approximate surface area is 219 Å². The number of fused-ring (bicyclic) bond motifs is 4. The fraction of sp³-hybridized carbons (Fsp3) is 0.875. The van der Waals surface area contributed by atoms with Crippen LogP contribution in [0.2, 0.25) is 13.1 Å². The van der Waals surface area contributed by atoms with E-state index in [0.29, 0.717) is 33.5 Å². The van der Waals surface area contributed by atoms with E-state index in [1.54, 1.807) is 11.1 Å². The first kappa shape index (κ1) is 27.6. The molecule has 0 aromatic carbocycles. The van der Waals surface area contributed by atoms with Gasteiger partial charge in [0.1, 0.15) is 6.29 Å². The molecule has 1 N–H and O–H groups in total. The topological polar surface area (TPSA) is 29.5 Å². The Hall–Kier alpha value is -0.383. The van der Waals surface area contributed by atoms with Crippen molar-refractivity contribution in [1.29, 1.82) is 0 Å². The lowest BCUT2D eigenvalue weighted by Crippen LogP contribution is -2.53. The fourth-order valence-corrected chi connectivity index (χ4v) is 10.7. The third-order valence-electron chi connectivity index (χ3n) is 11.5. The van der Waals surface area contributed by atoms with Crippen LogP contribution in [0.3, 0.4) is 0 Å². The third kappa shape index (κ3) is 4.69. The molecule has 4 aliphatic carbocycles. The first-order chi connectivity index (χ1) is 16.1. The highest BCUT2D eigenvalue weighted by Gasteiger charge is 2.58. The lowest BCUT2D eigenvalue weighted by atomic mass is 9.42. The van der Waals surface area contributed by atoms with E-state index < -0.39 is 15.3 Å². The van der Waals surface area contributed by atoms with Gasteiger partial charge in [0.2, 0.25) is 9.04 Å². The number of hydrogen-bond donors (Lipinski definition) is 1. The molecule has 0 aromatic rings. The molecule has 0 amide bonds. The van der Waals surface area contributed by atoms with Gasteiger partial charge in [-0.3, -0.25) is 0 Å². The van der Waals surface area contributed by atoms with Crippen molar-refractivity contribution in [1.82, 2.24) is 0 Å². The summed E-state index contributed by atoms with van der Waals surface area (Å²) in [6, 6.07) is 0. The molecule has 1 saturated carbocycles. The van der Waals surface area contributed by atoms with Crippen molar-refractivity contribution in [2.75, 3.05) is 0 Å². The van der Waals surface area contributed by atoms with E-state index in [1.807, 2.05) is 5.57 Å². The second kappa shape index (κ2) is 9.42. The van der Waals surface area contributed by atoms with Gasteiger partial charge >= 0.3 is 0 Å². The lowest BCUT2D eigenvalue weighted by molar-refractivity contribution is -0.0805. The van der Waals surface area contributed by atoms with Crippen molar-refractivity contribution < 1.29 is 9.53 Å². The smallest absolute Gasteiger partial charge is 0.208 e. The molecule has 1 fully saturated rings. The summed E-state index contributed by atoms with van der Waals surface area (Å²) in [5.74, 6) is 2.92. The molecule has 1 radical (unpaired) electrons. The summed E-state index contributed by atoms with van der Waals surface area (Å²) in [5.41, 5.74) is 6.85. The highest BCUT2D eigenvalue weighted by Crippen LogP contribution is 2.69. The van der Waals surface area contributed by atoms with Crippen molar-refractivity contribution in [2.24, 2.45) is 45.3 Å². The third-order valence-corrected chi connectivity index (χ3v) is 12.2. The summed E-state index contributed by atoms with van der Waals surface area (Å²) >= 11 is 0. The van der Waals surface area contributed by atoms with Gasteiger partial charge in [0, 0.05) is 0 Å². The van der Waals surface area contributed by atoms with Crippen LogP contribution in [-0.4, -0.2) is 20.4 Å². The van der Waals surface area contributed by atoms with Crippen LogP contribution in [0, 0.1) is 45.3 Å². The van der Waals surface area contributed by atoms with Gasteiger partial charge in [0.25, 0.3) is 0 Å². The Morgan fingerprint density at radius 1 is 1.03 bits per heavy atom. The number of rotatable bonds is 6. The van der Waals surface area contributed by atoms with Crippen LogP contribution >= 0.6 is 0 Å². The Kier molecular flexibility index (Phi) is 7.44. The maximum absolute atomic E-state index is 10.3. The summed E-state index contributed by atoms with van der Waals surface area (Å²) in [6.45, 7) is 24.5. The van der Waals surface area contributed by atoms with E-state index in [0.717, 1.165) is 24.7 Å². The SMILES string of the molecule is C[C@H](CCC(O)O[Si](C)C)[C@H]1CC=C2C3=C(CC[C@@]21C)[C@@]1(C)CC[C@H](C(C)(C)C)C(C)(C)[C@@H]1CC3. The Balaban J connectivity index is 1.55. The zero-order valence-corrected chi connectivity index (χ0v) is 25.7. The maximum Gasteiger partial charge on any atom is 0.208 e. The summed E-state index contributed by atoms with van der Waals surface area (Å²) in [5, 5.41) is 10.3. The predicted octanol–water partition coefficient (Wildman–Crippen LogP) is 8.93. The molecular formula is C32H55O2Si. The van der Waals surface area contributed by atoms with Crippen molar-refractivity contribution in [3.05, 3.63) is 22.8 Å². The monoisotopic (exact) mass is 499 g/mol. The normalized spacial score (nSPS) is 38.5. The molecule has 4 rings (SSSR count). The molecule has 35 heavy (non-hydrogen) atoms. The highest BCUT2D eigenvalue weighted by molar-refractivity contribution is 6.48. The zero-order valence-electron chi connectivity index (χ0n) is 24.7. The van der Waals surface area contributed by atoms with Crippen LogP contribution in [0.5, 0.6) is 0 Å². The number of aliphatic hydroxyl groups is 1. The van der Waals surface area contributed by atoms with Crippen LogP contribution in [0.25, 0.3) is 0 Å². The average Bonchev–Trinajstić information content (AvgIpc) is 3.07. The second-order valence-corrected chi connectivity index (χ2v) is 17.2. The molecule has 0 spiro atoms. The highest BCUT2D eigenvalue weighted by atomic mass is 28.3. The van der Waals surface area contributed by atoms with Crippen molar-refractivity contribution in [2.45, 2.75) is 133 Å². The Bertz CT molecular complexity index is 861. The summed E-state index contributed by atoms with van der Waals surface area (Å²) < 4.78 is 5.71. The molecule has 199 valence electrons. The summed E-state index contributed by atoms with van der Waals surface area (Å²) in [6.07, 6.45) is 13.2. The van der Waals surface area contributed by atoms with Gasteiger partial charge in [0.15, 0.2) is 0 Å². The molecule has 3 heteroatoms. The minimum atomic E-state index is -0.845. The lowest BCUT2D eigenvalue weighted by Gasteiger charge is -2.62. The molecule has 7 atom stereocenters. The molecule has 4 aliphatic rings. The van der Waals surface area contributed by atoms with Gasteiger partial charge < -0.3 is 9.53 Å². The van der Waals surface area contributed by atoms with Gasteiger partial charge in [-0.1, -0.05) is 67.0 Å². The second-order valence-electron chi connectivity index (χ2n) is 15.2. The largest absolute Gasteiger partial charge is 0.393 e. The van der Waals surface area contributed by atoms with Crippen molar-refractivity contribution in [3.63, 3.8) is 0 Å². The first-order valence-corrected chi connectivity index (χ1v) is 17.1. The molecule has 0 heterocycles. The standard InChI is InChI=1S/C32H55O2Si/c1-21(11-16-28(33)34-35(9)10)23-13-14-24-22-12-15-27-30(5,6)26(29(2,3)4)18-20-32(27,8)25(22)17-19-31(23,24)7/h14,21,23,26-28,33H,11-13,15-20H2,1-10H3/t21-,23-,26-,27+,28?,31-,32-/m1/s1. The van der Waals surface area contributed by atoms with E-state index in [-0.39, 0.29) is 0 Å². The Morgan fingerprint density at radius 2 is 1.71 bits per heavy atom. The minimum absolute atomic E-state index is 0.315. The van der Waals surface area contributed by atoms with E-state index in [9.17, 15) is 5.11 Å². The van der Waals surface area contributed by atoms with E-state index >= 15 is 0 Å². The van der Waals surface area contributed by atoms with E-state index in [2.05, 4.69) is 74.6 Å². The van der Waals surface area contributed by atoms with E-state index in [4.69, 9.17) is 4.43 Å². The number of aliphatic hydroxyl groups excluding tert-OH is 1. The number of allylic oxidation sites excluding steroid dienone is 4. The minimum Gasteiger partial charge on any atom is -0.393 e. The fourth-order valence-electron chi connectivity index (χ4n) is 10.1. The zero-order chi connectivity index (χ0) is 26.0. The van der Waals surface area contributed by atoms with Gasteiger partial charge in [-0.05, 0) is 127 Å². The van der Waals surface area contributed by atoms with Crippen LogP contribution in [0.15, 0.2) is 22.8 Å². The van der Waals surface area contributed by atoms with Crippen LogP contribution in [0.4, 0.5) is 0 Å². The molecule has 1 unspecified atom stereocenters. The van der Waals surface area contributed by atoms with E-state index in [1.165, 1.54) is 44.9 Å². The number of hydrogen-bond acceptors (Lipinski definition) is 2. The first-order valence-electron chi connectivity index (χ1n) is 14.7. The molecule has 0 aliphatic heterocycles. The van der Waals surface area contributed by atoms with Crippen molar-refractivity contribution >= 4 is 9.04 Å². The summed E-state index contributed by atoms with van der Waals surface area (Å²) in [4.78, 5) is 0. The van der Waals surface area contributed by atoms with Crippen LogP contribution < -0.4 is 0 Å².